The summed E-state index contributed by atoms with van der Waals surface area (Å²) < 4.78 is 0. The Labute approximate surface area is 90.3 Å². The number of aryl methyl sites for hydroxylation is 1. The second-order valence-electron chi connectivity index (χ2n) is 4.20. The van der Waals surface area contributed by atoms with Crippen molar-refractivity contribution in [3.63, 3.8) is 0 Å². The van der Waals surface area contributed by atoms with Gasteiger partial charge in [0.25, 0.3) is 0 Å². The van der Waals surface area contributed by atoms with Gasteiger partial charge in [-0.1, -0.05) is 24.1 Å². The molecule has 0 saturated heterocycles. The summed E-state index contributed by atoms with van der Waals surface area (Å²) in [5.41, 5.74) is 8.75. The Kier molecular flexibility index (Phi) is 2.80. The fraction of sp³-hybridized carbons (Fsp3) is 0.500. The van der Waals surface area contributed by atoms with Gasteiger partial charge in [0.15, 0.2) is 0 Å². The second kappa shape index (κ2) is 3.92. The molecule has 2 atom stereocenters. The predicted molar refractivity (Wildman–Crippen MR) is 60.8 cm³/mol. The third-order valence-electron chi connectivity index (χ3n) is 3.21. The molecule has 0 bridgehead atoms. The van der Waals surface area contributed by atoms with Gasteiger partial charge in [-0.15, -0.1) is 0 Å². The molecule has 0 aliphatic heterocycles. The minimum absolute atomic E-state index is 0.326. The molecule has 1 aliphatic rings. The van der Waals surface area contributed by atoms with E-state index in [0.717, 1.165) is 11.4 Å². The van der Waals surface area contributed by atoms with Gasteiger partial charge < -0.3 is 5.73 Å². The quantitative estimate of drug-likeness (QED) is 0.755. The lowest BCUT2D eigenvalue weighted by molar-refractivity contribution is 0.610. The summed E-state index contributed by atoms with van der Waals surface area (Å²) in [6.07, 6.45) is 3.61. The van der Waals surface area contributed by atoms with Crippen molar-refractivity contribution < 1.29 is 0 Å². The first-order valence-electron chi connectivity index (χ1n) is 5.20. The van der Waals surface area contributed by atoms with Gasteiger partial charge in [0.2, 0.25) is 0 Å². The van der Waals surface area contributed by atoms with Gasteiger partial charge in [0.1, 0.15) is 0 Å². The largest absolute Gasteiger partial charge is 0.327 e. The van der Waals surface area contributed by atoms with Crippen molar-refractivity contribution in [2.45, 2.75) is 38.1 Å². The number of benzene rings is 1. The first kappa shape index (κ1) is 10.0. The van der Waals surface area contributed by atoms with Gasteiger partial charge in [-0.3, -0.25) is 0 Å². The number of nitrogens with two attached hydrogens (primary N) is 1. The van der Waals surface area contributed by atoms with Crippen LogP contribution in [0.1, 0.15) is 36.3 Å². The highest BCUT2D eigenvalue weighted by Gasteiger charge is 2.26. The highest BCUT2D eigenvalue weighted by atomic mass is 35.5. The SMILES string of the molecule is Cc1ccc(Cl)cc1C1CCCC1N. The smallest absolute Gasteiger partial charge is 0.0409 e. The number of rotatable bonds is 1. The van der Waals surface area contributed by atoms with Crippen LogP contribution in [0.2, 0.25) is 5.02 Å². The Bertz CT molecular complexity index is 335. The molecule has 0 spiro atoms. The summed E-state index contributed by atoms with van der Waals surface area (Å²) in [7, 11) is 0. The Balaban J connectivity index is 2.34. The van der Waals surface area contributed by atoms with Gasteiger partial charge in [-0.05, 0) is 48.9 Å². The molecule has 1 fully saturated rings. The molecule has 76 valence electrons. The molecule has 0 aromatic heterocycles. The molecule has 2 N–H and O–H groups in total. The summed E-state index contributed by atoms with van der Waals surface area (Å²) in [6, 6.07) is 6.43. The van der Waals surface area contributed by atoms with Crippen LogP contribution in [0.15, 0.2) is 18.2 Å². The van der Waals surface area contributed by atoms with Gasteiger partial charge in [-0.25, -0.2) is 0 Å². The van der Waals surface area contributed by atoms with Crippen LogP contribution in [0.4, 0.5) is 0 Å². The van der Waals surface area contributed by atoms with Crippen LogP contribution >= 0.6 is 11.6 Å². The zero-order chi connectivity index (χ0) is 10.1. The highest BCUT2D eigenvalue weighted by Crippen LogP contribution is 2.35. The van der Waals surface area contributed by atoms with E-state index in [4.69, 9.17) is 17.3 Å². The molecule has 1 nitrogen and oxygen atoms in total. The molecule has 1 aliphatic carbocycles. The van der Waals surface area contributed by atoms with Crippen molar-refractivity contribution in [3.05, 3.63) is 34.3 Å². The van der Waals surface area contributed by atoms with Crippen LogP contribution < -0.4 is 5.73 Å². The predicted octanol–water partition coefficient (Wildman–Crippen LogP) is 3.24. The first-order valence-corrected chi connectivity index (χ1v) is 5.58. The Morgan fingerprint density at radius 2 is 2.14 bits per heavy atom. The summed E-state index contributed by atoms with van der Waals surface area (Å²) in [4.78, 5) is 0. The summed E-state index contributed by atoms with van der Waals surface area (Å²) in [5.74, 6) is 0.522. The maximum absolute atomic E-state index is 6.09. The van der Waals surface area contributed by atoms with Crippen molar-refractivity contribution in [2.24, 2.45) is 5.73 Å². The zero-order valence-corrected chi connectivity index (χ0v) is 9.22. The van der Waals surface area contributed by atoms with Gasteiger partial charge in [-0.2, -0.15) is 0 Å². The fourth-order valence-electron chi connectivity index (χ4n) is 2.39. The average molecular weight is 210 g/mol. The molecular weight excluding hydrogens is 194 g/mol. The van der Waals surface area contributed by atoms with Crippen molar-refractivity contribution in [1.82, 2.24) is 0 Å². The van der Waals surface area contributed by atoms with E-state index in [1.807, 2.05) is 6.07 Å². The fourth-order valence-corrected chi connectivity index (χ4v) is 2.57. The highest BCUT2D eigenvalue weighted by molar-refractivity contribution is 6.30. The standard InChI is InChI=1S/C12H16ClN/c1-8-5-6-9(13)7-11(8)10-3-2-4-12(10)14/h5-7,10,12H,2-4,14H2,1H3. The third-order valence-corrected chi connectivity index (χ3v) is 3.45. The van der Waals surface area contributed by atoms with Crippen LogP contribution in [-0.2, 0) is 0 Å². The minimum atomic E-state index is 0.326. The number of hydrogen-bond acceptors (Lipinski definition) is 1. The van der Waals surface area contributed by atoms with Gasteiger partial charge >= 0.3 is 0 Å². The maximum Gasteiger partial charge on any atom is 0.0409 e. The molecule has 0 amide bonds. The molecule has 2 unspecified atom stereocenters. The van der Waals surface area contributed by atoms with Crippen molar-refractivity contribution in [3.8, 4) is 0 Å². The normalized spacial score (nSPS) is 26.8. The van der Waals surface area contributed by atoms with Crippen LogP contribution in [0, 0.1) is 6.92 Å². The lowest BCUT2D eigenvalue weighted by Gasteiger charge is -2.18. The van der Waals surface area contributed by atoms with E-state index in [9.17, 15) is 0 Å². The zero-order valence-electron chi connectivity index (χ0n) is 8.46. The second-order valence-corrected chi connectivity index (χ2v) is 4.64. The molecule has 1 aromatic carbocycles. The van der Waals surface area contributed by atoms with E-state index in [2.05, 4.69) is 19.1 Å². The van der Waals surface area contributed by atoms with E-state index >= 15 is 0 Å². The molecule has 0 radical (unpaired) electrons. The topological polar surface area (TPSA) is 26.0 Å². The molecule has 14 heavy (non-hydrogen) atoms. The lowest BCUT2D eigenvalue weighted by atomic mass is 9.91. The molecule has 1 saturated carbocycles. The van der Waals surface area contributed by atoms with Crippen LogP contribution in [0.25, 0.3) is 0 Å². The van der Waals surface area contributed by atoms with Gasteiger partial charge in [0.05, 0.1) is 0 Å². The number of hydrogen-bond donors (Lipinski definition) is 1. The summed E-state index contributed by atoms with van der Waals surface area (Å²) in [6.45, 7) is 2.14. The summed E-state index contributed by atoms with van der Waals surface area (Å²) >= 11 is 6.00. The van der Waals surface area contributed by atoms with E-state index in [0.29, 0.717) is 12.0 Å². The molecule has 2 heteroatoms. The van der Waals surface area contributed by atoms with E-state index in [-0.39, 0.29) is 0 Å². The minimum Gasteiger partial charge on any atom is -0.327 e. The molecule has 0 heterocycles. The van der Waals surface area contributed by atoms with Crippen molar-refractivity contribution in [1.29, 1.82) is 0 Å². The van der Waals surface area contributed by atoms with E-state index < -0.39 is 0 Å². The Hall–Kier alpha value is -0.530. The van der Waals surface area contributed by atoms with Crippen LogP contribution in [0.5, 0.6) is 0 Å². The van der Waals surface area contributed by atoms with Crippen LogP contribution in [0.3, 0.4) is 0 Å². The number of halogens is 1. The monoisotopic (exact) mass is 209 g/mol. The molecular formula is C12H16ClN. The molecule has 2 rings (SSSR count). The molecule has 1 aromatic rings. The van der Waals surface area contributed by atoms with E-state index in [1.165, 1.54) is 24.0 Å². The van der Waals surface area contributed by atoms with Crippen molar-refractivity contribution >= 4 is 11.6 Å². The summed E-state index contributed by atoms with van der Waals surface area (Å²) in [5, 5.41) is 0.824. The Morgan fingerprint density at radius 1 is 1.36 bits per heavy atom. The van der Waals surface area contributed by atoms with Crippen molar-refractivity contribution in [2.75, 3.05) is 0 Å². The van der Waals surface area contributed by atoms with E-state index in [1.54, 1.807) is 0 Å². The maximum atomic E-state index is 6.09. The van der Waals surface area contributed by atoms with Crippen LogP contribution in [-0.4, -0.2) is 6.04 Å². The first-order chi connectivity index (χ1) is 6.68. The van der Waals surface area contributed by atoms with Gasteiger partial charge in [0, 0.05) is 11.1 Å². The Morgan fingerprint density at radius 3 is 2.79 bits per heavy atom. The third kappa shape index (κ3) is 1.79. The average Bonchev–Trinajstić information content (AvgIpc) is 2.56. The lowest BCUT2D eigenvalue weighted by Crippen LogP contribution is -2.23.